The molecule has 1 aliphatic heterocycles. The minimum atomic E-state index is -0.426. The summed E-state index contributed by atoms with van der Waals surface area (Å²) < 4.78 is 8.52. The number of carbonyl (C=O) groups excluding carboxylic acids is 2. The summed E-state index contributed by atoms with van der Waals surface area (Å²) in [6, 6.07) is 12.9. The molecule has 0 spiro atoms. The molecule has 4 N–H and O–H groups in total. The third kappa shape index (κ3) is 8.00. The van der Waals surface area contributed by atoms with Crippen LogP contribution in [-0.2, 0) is 10.8 Å². The highest BCUT2D eigenvalue weighted by atomic mass is 16.5. The average Bonchev–Trinajstić information content (AvgIpc) is 3.67. The lowest BCUT2D eigenvalue weighted by Crippen LogP contribution is -2.37. The summed E-state index contributed by atoms with van der Waals surface area (Å²) in [4.78, 5) is 37.5. The lowest BCUT2D eigenvalue weighted by Gasteiger charge is -2.32. The van der Waals surface area contributed by atoms with Crippen LogP contribution in [-0.4, -0.2) is 78.8 Å². The van der Waals surface area contributed by atoms with Crippen LogP contribution in [0.15, 0.2) is 48.7 Å². The number of urea groups is 1. The van der Waals surface area contributed by atoms with Crippen molar-refractivity contribution < 1.29 is 19.4 Å². The van der Waals surface area contributed by atoms with E-state index in [0.717, 1.165) is 41.3 Å². The molecule has 0 saturated carbocycles. The third-order valence-electron chi connectivity index (χ3n) is 8.97. The second kappa shape index (κ2) is 13.7. The molecular weight excluding hydrogens is 622 g/mol. The fourth-order valence-electron chi connectivity index (χ4n) is 6.37. The molecular formula is C36H47N9O4. The maximum atomic E-state index is 13.4. The number of β-amino-alcohol motifs (C(OH)–C–C–N with tert-alkyl or cyclic N) is 1. The first kappa shape index (κ1) is 34.3. The number of nitrogens with zero attached hydrogens (tertiary/aromatic N) is 6. The van der Waals surface area contributed by atoms with Crippen molar-refractivity contribution in [3.63, 3.8) is 0 Å². The van der Waals surface area contributed by atoms with Crippen LogP contribution >= 0.6 is 0 Å². The molecule has 3 aromatic heterocycles. The van der Waals surface area contributed by atoms with Crippen LogP contribution < -0.4 is 20.7 Å². The van der Waals surface area contributed by atoms with Gasteiger partial charge in [0.2, 0.25) is 5.82 Å². The summed E-state index contributed by atoms with van der Waals surface area (Å²) >= 11 is 0. The highest BCUT2D eigenvalue weighted by molar-refractivity contribution is 5.92. The zero-order valence-electron chi connectivity index (χ0n) is 29.2. The molecule has 1 aromatic carbocycles. The first-order valence-corrected chi connectivity index (χ1v) is 17.0. The molecule has 1 aliphatic carbocycles. The third-order valence-corrected chi connectivity index (χ3v) is 8.97. The summed E-state index contributed by atoms with van der Waals surface area (Å²) in [6.45, 7) is 14.7. The largest absolute Gasteiger partial charge is 0.484 e. The van der Waals surface area contributed by atoms with Gasteiger partial charge in [0, 0.05) is 43.1 Å². The Hall–Kier alpha value is -4.62. The Balaban J connectivity index is 1.13. The van der Waals surface area contributed by atoms with Crippen LogP contribution in [0.4, 0.5) is 10.6 Å². The van der Waals surface area contributed by atoms with Crippen molar-refractivity contribution >= 4 is 23.4 Å². The van der Waals surface area contributed by atoms with Crippen molar-refractivity contribution in [2.75, 3.05) is 31.5 Å². The fourth-order valence-corrected chi connectivity index (χ4v) is 6.37. The lowest BCUT2D eigenvalue weighted by molar-refractivity contribution is 0.0938. The molecule has 0 bridgehead atoms. The van der Waals surface area contributed by atoms with E-state index in [0.29, 0.717) is 38.2 Å². The molecule has 13 heteroatoms. The van der Waals surface area contributed by atoms with Gasteiger partial charge in [0.25, 0.3) is 5.91 Å². The second-order valence-electron chi connectivity index (χ2n) is 15.0. The predicted octanol–water partition coefficient (Wildman–Crippen LogP) is 4.69. The monoisotopic (exact) mass is 669 g/mol. The molecule has 13 nitrogen and oxygen atoms in total. The number of ether oxygens (including phenoxy) is 1. The van der Waals surface area contributed by atoms with E-state index < -0.39 is 11.9 Å². The van der Waals surface area contributed by atoms with E-state index in [9.17, 15) is 14.7 Å². The molecule has 0 unspecified atom stereocenters. The van der Waals surface area contributed by atoms with Crippen LogP contribution in [0.5, 0.6) is 5.75 Å². The van der Waals surface area contributed by atoms with E-state index in [-0.39, 0.29) is 40.7 Å². The van der Waals surface area contributed by atoms with Gasteiger partial charge in [-0.3, -0.25) is 19.4 Å². The SMILES string of the molecule is CC(C)(C)c1cc(NC(=O)N[C@H]2CC[C@@H](Oc3ccc4nnc(C(C)(C)C)n4c3)c3ccccc32)nc(C(=O)NCCN2CC[C@@H](O)C2)n1. The van der Waals surface area contributed by atoms with Gasteiger partial charge in [0.15, 0.2) is 5.65 Å². The lowest BCUT2D eigenvalue weighted by atomic mass is 9.85. The van der Waals surface area contributed by atoms with Gasteiger partial charge in [-0.05, 0) is 42.5 Å². The number of carbonyl (C=O) groups is 2. The molecule has 3 atom stereocenters. The summed E-state index contributed by atoms with van der Waals surface area (Å²) in [7, 11) is 0. The first-order chi connectivity index (χ1) is 23.2. The van der Waals surface area contributed by atoms with E-state index in [2.05, 4.69) is 61.8 Å². The Morgan fingerprint density at radius 1 is 0.959 bits per heavy atom. The highest BCUT2D eigenvalue weighted by Gasteiger charge is 2.30. The van der Waals surface area contributed by atoms with Gasteiger partial charge >= 0.3 is 6.03 Å². The number of nitrogens with one attached hydrogen (secondary N) is 3. The molecule has 49 heavy (non-hydrogen) atoms. The standard InChI is InChI=1S/C36H47N9O4/c1-35(2,3)28-19-29(40-31(39-28)32(47)37-16-18-44-17-15-22(46)20-44)41-34(48)38-26-12-13-27(25-10-8-7-9-24(25)26)49-23-11-14-30-42-43-33(36(4,5)6)45(30)21-23/h7-11,14,19,21-22,26-27,46H,12-13,15-18,20H2,1-6H3,(H,37,47)(H2,38,39,40,41,48)/t22-,26+,27-/m1/s1. The van der Waals surface area contributed by atoms with Crippen molar-refractivity contribution in [1.29, 1.82) is 0 Å². The van der Waals surface area contributed by atoms with E-state index in [4.69, 9.17) is 4.74 Å². The molecule has 1 saturated heterocycles. The number of anilines is 1. The zero-order valence-corrected chi connectivity index (χ0v) is 29.2. The van der Waals surface area contributed by atoms with Crippen LogP contribution in [0.1, 0.15) is 106 Å². The minimum Gasteiger partial charge on any atom is -0.484 e. The van der Waals surface area contributed by atoms with E-state index in [1.165, 1.54) is 0 Å². The zero-order chi connectivity index (χ0) is 34.9. The molecule has 4 aromatic rings. The summed E-state index contributed by atoms with van der Waals surface area (Å²) in [5.74, 6) is 1.40. The number of hydrogen-bond donors (Lipinski definition) is 4. The van der Waals surface area contributed by atoms with Gasteiger partial charge in [-0.15, -0.1) is 10.2 Å². The number of amides is 3. The number of aliphatic hydroxyl groups excluding tert-OH is 1. The average molecular weight is 670 g/mol. The van der Waals surface area contributed by atoms with Crippen molar-refractivity contribution in [1.82, 2.24) is 40.1 Å². The number of aliphatic hydroxyl groups is 1. The number of aromatic nitrogens is 5. The van der Waals surface area contributed by atoms with Gasteiger partial charge < -0.3 is 20.5 Å². The molecule has 3 amide bonds. The smallest absolute Gasteiger partial charge is 0.320 e. The molecule has 1 fully saturated rings. The highest BCUT2D eigenvalue weighted by Crippen LogP contribution is 2.39. The van der Waals surface area contributed by atoms with Crippen molar-refractivity contribution in [2.24, 2.45) is 0 Å². The van der Waals surface area contributed by atoms with E-state index in [1.807, 2.05) is 67.8 Å². The van der Waals surface area contributed by atoms with Crippen LogP contribution in [0.2, 0.25) is 0 Å². The molecule has 4 heterocycles. The maximum Gasteiger partial charge on any atom is 0.320 e. The number of fused-ring (bicyclic) bond motifs is 2. The topological polar surface area (TPSA) is 159 Å². The summed E-state index contributed by atoms with van der Waals surface area (Å²) in [6.07, 6.45) is 3.52. The number of pyridine rings is 1. The van der Waals surface area contributed by atoms with E-state index in [1.54, 1.807) is 6.07 Å². The molecule has 2 aliphatic rings. The van der Waals surface area contributed by atoms with Crippen LogP contribution in [0.25, 0.3) is 5.65 Å². The number of hydrogen-bond acceptors (Lipinski definition) is 9. The maximum absolute atomic E-state index is 13.4. The summed E-state index contributed by atoms with van der Waals surface area (Å²) in [5.41, 5.74) is 2.83. The molecule has 0 radical (unpaired) electrons. The van der Waals surface area contributed by atoms with Gasteiger partial charge in [-0.2, -0.15) is 0 Å². The van der Waals surface area contributed by atoms with Gasteiger partial charge in [0.1, 0.15) is 23.5 Å². The van der Waals surface area contributed by atoms with Crippen molar-refractivity contribution in [3.8, 4) is 5.75 Å². The first-order valence-electron chi connectivity index (χ1n) is 17.0. The van der Waals surface area contributed by atoms with Crippen LogP contribution in [0.3, 0.4) is 0 Å². The van der Waals surface area contributed by atoms with Crippen molar-refractivity contribution in [3.05, 3.63) is 77.1 Å². The second-order valence-corrected chi connectivity index (χ2v) is 15.0. The summed E-state index contributed by atoms with van der Waals surface area (Å²) in [5, 5.41) is 27.3. The molecule has 6 rings (SSSR count). The van der Waals surface area contributed by atoms with Gasteiger partial charge in [-0.25, -0.2) is 14.8 Å². The Bertz CT molecular complexity index is 1830. The molecule has 260 valence electrons. The Morgan fingerprint density at radius 3 is 2.45 bits per heavy atom. The Labute approximate surface area is 286 Å². The number of likely N-dealkylation sites (tertiary alicyclic amines) is 1. The van der Waals surface area contributed by atoms with Crippen LogP contribution in [0, 0.1) is 0 Å². The predicted molar refractivity (Wildman–Crippen MR) is 186 cm³/mol. The fraction of sp³-hybridized carbons (Fsp3) is 0.500. The van der Waals surface area contributed by atoms with Crippen molar-refractivity contribution in [2.45, 2.75) is 89.9 Å². The number of benzene rings is 1. The Kier molecular flexibility index (Phi) is 9.58. The van der Waals surface area contributed by atoms with E-state index >= 15 is 0 Å². The minimum absolute atomic E-state index is 0.00790. The Morgan fingerprint density at radius 2 is 1.73 bits per heavy atom. The normalized spacial score (nSPS) is 19.8. The quantitative estimate of drug-likeness (QED) is 0.209. The van der Waals surface area contributed by atoms with Gasteiger partial charge in [-0.1, -0.05) is 65.8 Å². The van der Waals surface area contributed by atoms with Gasteiger partial charge in [0.05, 0.1) is 24.0 Å². The number of rotatable bonds is 8.